The first kappa shape index (κ1) is 8.30. The first-order valence-corrected chi connectivity index (χ1v) is 5.48. The van der Waals surface area contributed by atoms with Crippen LogP contribution in [-0.2, 0) is 9.59 Å². The molecule has 0 aromatic carbocycles. The lowest BCUT2D eigenvalue weighted by Gasteiger charge is -2.32. The van der Waals surface area contributed by atoms with E-state index in [1.165, 1.54) is 0 Å². The number of carbonyl (C=O) groups is 2. The molecule has 1 aliphatic carbocycles. The predicted octanol–water partition coefficient (Wildman–Crippen LogP) is 1.43. The molecule has 0 N–H and O–H groups in total. The number of fused-ring (bicyclic) bond motifs is 1. The number of hydrogen-bond acceptors (Lipinski definition) is 3. The Morgan fingerprint density at radius 2 is 2.17 bits per heavy atom. The molecule has 1 saturated carbocycles. The van der Waals surface area contributed by atoms with E-state index in [9.17, 15) is 9.59 Å². The molecule has 2 nitrogen and oxygen atoms in total. The molecule has 1 unspecified atom stereocenters. The van der Waals surface area contributed by atoms with Crippen LogP contribution >= 0.6 is 11.8 Å². The fraction of sp³-hybridized carbons (Fsp3) is 0.778. The van der Waals surface area contributed by atoms with Crippen molar-refractivity contribution in [3.8, 4) is 0 Å². The Hall–Kier alpha value is -0.310. The highest BCUT2D eigenvalue weighted by Gasteiger charge is 2.36. The highest BCUT2D eigenvalue weighted by Crippen LogP contribution is 2.37. The summed E-state index contributed by atoms with van der Waals surface area (Å²) in [5.41, 5.74) is 0. The van der Waals surface area contributed by atoms with E-state index in [2.05, 4.69) is 0 Å². The van der Waals surface area contributed by atoms with E-state index in [0.29, 0.717) is 29.7 Å². The van der Waals surface area contributed by atoms with Gasteiger partial charge in [-0.25, -0.2) is 0 Å². The van der Waals surface area contributed by atoms with Gasteiger partial charge in [0, 0.05) is 12.8 Å². The second-order valence-corrected chi connectivity index (χ2v) is 4.72. The Morgan fingerprint density at radius 1 is 1.33 bits per heavy atom. The predicted molar refractivity (Wildman–Crippen MR) is 48.2 cm³/mol. The maximum Gasteiger partial charge on any atom is 0.146 e. The fourth-order valence-corrected chi connectivity index (χ4v) is 3.36. The molecule has 0 aromatic rings. The van der Waals surface area contributed by atoms with Gasteiger partial charge in [0.15, 0.2) is 0 Å². The largest absolute Gasteiger partial charge is 0.299 e. The summed E-state index contributed by atoms with van der Waals surface area (Å²) < 4.78 is 0. The lowest BCUT2D eigenvalue weighted by Crippen LogP contribution is -2.37. The zero-order chi connectivity index (χ0) is 8.55. The van der Waals surface area contributed by atoms with E-state index < -0.39 is 0 Å². The Balaban J connectivity index is 2.09. The summed E-state index contributed by atoms with van der Waals surface area (Å²) in [5.74, 6) is 1.64. The van der Waals surface area contributed by atoms with E-state index in [-0.39, 0.29) is 5.25 Å². The number of ketones is 2. The molecular weight excluding hydrogens is 172 g/mol. The molecule has 2 aliphatic rings. The van der Waals surface area contributed by atoms with E-state index in [1.807, 2.05) is 0 Å². The smallest absolute Gasteiger partial charge is 0.146 e. The monoisotopic (exact) mass is 184 g/mol. The van der Waals surface area contributed by atoms with Crippen molar-refractivity contribution in [1.29, 1.82) is 0 Å². The summed E-state index contributed by atoms with van der Waals surface area (Å²) >= 11 is 1.56. The van der Waals surface area contributed by atoms with Crippen LogP contribution in [0.4, 0.5) is 0 Å². The number of hydrogen-bond donors (Lipinski definition) is 0. The summed E-state index contributed by atoms with van der Waals surface area (Å²) in [6.07, 6.45) is 3.47. The van der Waals surface area contributed by atoms with Gasteiger partial charge in [-0.15, -0.1) is 11.8 Å². The Kier molecular flexibility index (Phi) is 2.22. The SMILES string of the molecule is O=C1CS[C@@H]2C(=O)CCCC2C1. The summed E-state index contributed by atoms with van der Waals surface area (Å²) in [4.78, 5) is 22.5. The molecule has 2 atom stereocenters. The van der Waals surface area contributed by atoms with E-state index in [4.69, 9.17) is 0 Å². The van der Waals surface area contributed by atoms with Crippen LogP contribution in [-0.4, -0.2) is 22.6 Å². The van der Waals surface area contributed by atoms with Crippen molar-refractivity contribution in [3.63, 3.8) is 0 Å². The summed E-state index contributed by atoms with van der Waals surface area (Å²) in [5, 5.41) is 0.163. The van der Waals surface area contributed by atoms with Gasteiger partial charge in [0.25, 0.3) is 0 Å². The average molecular weight is 184 g/mol. The highest BCUT2D eigenvalue weighted by atomic mass is 32.2. The van der Waals surface area contributed by atoms with Crippen LogP contribution in [0.1, 0.15) is 25.7 Å². The molecule has 3 heteroatoms. The molecule has 0 radical (unpaired) electrons. The molecule has 1 saturated heterocycles. The fourth-order valence-electron chi connectivity index (χ4n) is 2.07. The Morgan fingerprint density at radius 3 is 3.00 bits per heavy atom. The minimum Gasteiger partial charge on any atom is -0.299 e. The number of Topliss-reactive ketones (excluding diaryl/α,β-unsaturated/α-hetero) is 2. The van der Waals surface area contributed by atoms with Gasteiger partial charge in [-0.3, -0.25) is 9.59 Å². The van der Waals surface area contributed by atoms with Crippen molar-refractivity contribution < 1.29 is 9.59 Å². The molecule has 0 bridgehead atoms. The van der Waals surface area contributed by atoms with Crippen LogP contribution in [0.3, 0.4) is 0 Å². The zero-order valence-corrected chi connectivity index (χ0v) is 7.73. The van der Waals surface area contributed by atoms with Gasteiger partial charge >= 0.3 is 0 Å². The first-order valence-electron chi connectivity index (χ1n) is 4.43. The van der Waals surface area contributed by atoms with Gasteiger partial charge in [0.1, 0.15) is 11.6 Å². The van der Waals surface area contributed by atoms with Crippen molar-refractivity contribution in [2.75, 3.05) is 5.75 Å². The van der Waals surface area contributed by atoms with E-state index in [1.54, 1.807) is 11.8 Å². The zero-order valence-electron chi connectivity index (χ0n) is 6.91. The van der Waals surface area contributed by atoms with Crippen molar-refractivity contribution in [1.82, 2.24) is 0 Å². The number of rotatable bonds is 0. The third-order valence-corrected chi connectivity index (χ3v) is 4.15. The molecule has 12 heavy (non-hydrogen) atoms. The van der Waals surface area contributed by atoms with Crippen LogP contribution in [0.5, 0.6) is 0 Å². The molecular formula is C9H12O2S. The molecule has 0 aromatic heterocycles. The maximum atomic E-state index is 11.4. The molecule has 0 amide bonds. The second kappa shape index (κ2) is 3.21. The van der Waals surface area contributed by atoms with Gasteiger partial charge in [0.2, 0.25) is 0 Å². The molecule has 1 heterocycles. The minimum atomic E-state index is 0.163. The number of carbonyl (C=O) groups excluding carboxylic acids is 2. The third-order valence-electron chi connectivity index (χ3n) is 2.66. The van der Waals surface area contributed by atoms with Crippen LogP contribution in [0.2, 0.25) is 0 Å². The molecule has 0 spiro atoms. The summed E-state index contributed by atoms with van der Waals surface area (Å²) in [7, 11) is 0. The van der Waals surface area contributed by atoms with Gasteiger partial charge in [-0.2, -0.15) is 0 Å². The summed E-state index contributed by atoms with van der Waals surface area (Å²) in [6, 6.07) is 0. The lowest BCUT2D eigenvalue weighted by atomic mass is 9.84. The first-order chi connectivity index (χ1) is 5.77. The molecule has 2 fully saturated rings. The molecule has 2 rings (SSSR count). The maximum absolute atomic E-state index is 11.4. The normalized spacial score (nSPS) is 36.3. The molecule has 1 aliphatic heterocycles. The average Bonchev–Trinajstić information content (AvgIpc) is 2.04. The van der Waals surface area contributed by atoms with E-state index in [0.717, 1.165) is 19.3 Å². The van der Waals surface area contributed by atoms with Crippen molar-refractivity contribution in [2.24, 2.45) is 5.92 Å². The van der Waals surface area contributed by atoms with Crippen molar-refractivity contribution >= 4 is 23.3 Å². The van der Waals surface area contributed by atoms with Crippen molar-refractivity contribution in [2.45, 2.75) is 30.9 Å². The lowest BCUT2D eigenvalue weighted by molar-refractivity contribution is -0.122. The number of thioether (sulfide) groups is 1. The van der Waals surface area contributed by atoms with Gasteiger partial charge < -0.3 is 0 Å². The Labute approximate surface area is 76.1 Å². The van der Waals surface area contributed by atoms with Crippen LogP contribution in [0.15, 0.2) is 0 Å². The van der Waals surface area contributed by atoms with Gasteiger partial charge in [-0.1, -0.05) is 0 Å². The van der Waals surface area contributed by atoms with Crippen LogP contribution in [0.25, 0.3) is 0 Å². The second-order valence-electron chi connectivity index (χ2n) is 3.59. The third kappa shape index (κ3) is 1.42. The molecule has 66 valence electrons. The van der Waals surface area contributed by atoms with E-state index >= 15 is 0 Å². The van der Waals surface area contributed by atoms with Crippen molar-refractivity contribution in [3.05, 3.63) is 0 Å². The quantitative estimate of drug-likeness (QED) is 0.571. The van der Waals surface area contributed by atoms with Crippen LogP contribution < -0.4 is 0 Å². The standard InChI is InChI=1S/C9H12O2S/c10-7-4-6-2-1-3-8(11)9(6)12-5-7/h6,9H,1-5H2/t6?,9-/m0/s1. The topological polar surface area (TPSA) is 34.1 Å². The van der Waals surface area contributed by atoms with Gasteiger partial charge in [0.05, 0.1) is 11.0 Å². The Bertz CT molecular complexity index is 225. The summed E-state index contributed by atoms with van der Waals surface area (Å²) in [6.45, 7) is 0. The van der Waals surface area contributed by atoms with Gasteiger partial charge in [-0.05, 0) is 18.8 Å². The van der Waals surface area contributed by atoms with Crippen LogP contribution in [0, 0.1) is 5.92 Å². The highest BCUT2D eigenvalue weighted by molar-refractivity contribution is 8.01. The minimum absolute atomic E-state index is 0.163.